The maximum absolute atomic E-state index is 12.3. The van der Waals surface area contributed by atoms with E-state index in [0.29, 0.717) is 34.6 Å². The van der Waals surface area contributed by atoms with Gasteiger partial charge in [0.1, 0.15) is 5.75 Å². The molecule has 0 atom stereocenters. The van der Waals surface area contributed by atoms with Crippen LogP contribution >= 0.6 is 11.8 Å². The monoisotopic (exact) mass is 431 g/mol. The molecule has 0 aliphatic rings. The van der Waals surface area contributed by atoms with E-state index in [1.807, 2.05) is 18.2 Å². The van der Waals surface area contributed by atoms with Gasteiger partial charge in [-0.15, -0.1) is 10.2 Å². The zero-order valence-corrected chi connectivity index (χ0v) is 17.7. The highest BCUT2D eigenvalue weighted by Gasteiger charge is 2.16. The molecular formula is C20H21N3O6S. The number of aromatic nitrogens is 2. The SMILES string of the molecule is COc1cccc(-c2nnc(SCC(=O)Nc3cc(OC)c(OC)c(OC)c3)o2)c1. The van der Waals surface area contributed by atoms with E-state index < -0.39 is 0 Å². The molecule has 1 amide bonds. The van der Waals surface area contributed by atoms with Gasteiger partial charge in [-0.1, -0.05) is 17.8 Å². The molecule has 0 saturated carbocycles. The summed E-state index contributed by atoms with van der Waals surface area (Å²) < 4.78 is 26.7. The fourth-order valence-corrected chi connectivity index (χ4v) is 3.18. The summed E-state index contributed by atoms with van der Waals surface area (Å²) in [7, 11) is 6.11. The van der Waals surface area contributed by atoms with Gasteiger partial charge >= 0.3 is 0 Å². The maximum atomic E-state index is 12.3. The highest BCUT2D eigenvalue weighted by molar-refractivity contribution is 7.99. The molecule has 1 heterocycles. The van der Waals surface area contributed by atoms with E-state index in [-0.39, 0.29) is 16.9 Å². The van der Waals surface area contributed by atoms with Crippen molar-refractivity contribution in [3.8, 4) is 34.5 Å². The third-order valence-electron chi connectivity index (χ3n) is 4.00. The van der Waals surface area contributed by atoms with Crippen molar-refractivity contribution in [3.05, 3.63) is 36.4 Å². The standard InChI is InChI=1S/C20H21N3O6S/c1-25-14-7-5-6-12(8-14)19-22-23-20(29-19)30-11-17(24)21-13-9-15(26-2)18(28-4)16(10-13)27-3/h5-10H,11H2,1-4H3,(H,21,24). The maximum Gasteiger partial charge on any atom is 0.277 e. The normalized spacial score (nSPS) is 10.4. The first-order valence-electron chi connectivity index (χ1n) is 8.78. The fraction of sp³-hybridized carbons (Fsp3) is 0.250. The summed E-state index contributed by atoms with van der Waals surface area (Å²) in [6.07, 6.45) is 0. The quantitative estimate of drug-likeness (QED) is 0.510. The third-order valence-corrected chi connectivity index (χ3v) is 4.82. The van der Waals surface area contributed by atoms with Crippen LogP contribution in [-0.2, 0) is 4.79 Å². The van der Waals surface area contributed by atoms with Crippen LogP contribution in [0.5, 0.6) is 23.0 Å². The van der Waals surface area contributed by atoms with E-state index in [4.69, 9.17) is 23.4 Å². The van der Waals surface area contributed by atoms with Crippen LogP contribution in [0.1, 0.15) is 0 Å². The van der Waals surface area contributed by atoms with E-state index >= 15 is 0 Å². The zero-order valence-electron chi connectivity index (χ0n) is 16.9. The molecule has 0 bridgehead atoms. The first-order chi connectivity index (χ1) is 14.6. The molecule has 0 aliphatic carbocycles. The molecule has 0 spiro atoms. The van der Waals surface area contributed by atoms with Gasteiger partial charge in [0.05, 0.1) is 34.2 Å². The summed E-state index contributed by atoms with van der Waals surface area (Å²) in [5.41, 5.74) is 1.24. The molecule has 0 radical (unpaired) electrons. The van der Waals surface area contributed by atoms with Crippen molar-refractivity contribution < 1.29 is 28.2 Å². The largest absolute Gasteiger partial charge is 0.497 e. The van der Waals surface area contributed by atoms with Crippen LogP contribution in [0.4, 0.5) is 5.69 Å². The predicted octanol–water partition coefficient (Wildman–Crippen LogP) is 3.50. The average Bonchev–Trinajstić information content (AvgIpc) is 3.26. The van der Waals surface area contributed by atoms with Gasteiger partial charge in [0, 0.05) is 23.4 Å². The van der Waals surface area contributed by atoms with E-state index in [1.54, 1.807) is 25.3 Å². The molecule has 1 aromatic heterocycles. The number of benzene rings is 2. The number of carbonyl (C=O) groups is 1. The van der Waals surface area contributed by atoms with Crippen molar-refractivity contribution >= 4 is 23.4 Å². The molecule has 158 valence electrons. The van der Waals surface area contributed by atoms with E-state index in [0.717, 1.165) is 17.3 Å². The van der Waals surface area contributed by atoms with Crippen molar-refractivity contribution in [2.24, 2.45) is 0 Å². The number of methoxy groups -OCH3 is 4. The summed E-state index contributed by atoms with van der Waals surface area (Å²) in [5.74, 6) is 2.19. The lowest BCUT2D eigenvalue weighted by Gasteiger charge is -2.14. The van der Waals surface area contributed by atoms with Gasteiger partial charge in [-0.2, -0.15) is 0 Å². The molecular weight excluding hydrogens is 410 g/mol. The molecule has 0 aliphatic heterocycles. The number of nitrogens with one attached hydrogen (secondary N) is 1. The Morgan fingerprint density at radius 1 is 1.00 bits per heavy atom. The van der Waals surface area contributed by atoms with Crippen LogP contribution < -0.4 is 24.3 Å². The summed E-state index contributed by atoms with van der Waals surface area (Å²) in [4.78, 5) is 12.3. The van der Waals surface area contributed by atoms with Crippen LogP contribution in [0, 0.1) is 0 Å². The zero-order chi connectivity index (χ0) is 21.5. The van der Waals surface area contributed by atoms with Crippen molar-refractivity contribution in [1.82, 2.24) is 10.2 Å². The van der Waals surface area contributed by atoms with Crippen molar-refractivity contribution in [1.29, 1.82) is 0 Å². The van der Waals surface area contributed by atoms with Gasteiger partial charge in [0.15, 0.2) is 11.5 Å². The lowest BCUT2D eigenvalue weighted by atomic mass is 10.2. The number of ether oxygens (including phenoxy) is 4. The van der Waals surface area contributed by atoms with Crippen LogP contribution in [0.2, 0.25) is 0 Å². The van der Waals surface area contributed by atoms with Gasteiger partial charge in [-0.3, -0.25) is 4.79 Å². The highest BCUT2D eigenvalue weighted by Crippen LogP contribution is 2.40. The van der Waals surface area contributed by atoms with Gasteiger partial charge < -0.3 is 28.7 Å². The Kier molecular flexibility index (Phi) is 7.02. The lowest BCUT2D eigenvalue weighted by Crippen LogP contribution is -2.14. The predicted molar refractivity (Wildman–Crippen MR) is 112 cm³/mol. The Morgan fingerprint density at radius 2 is 1.73 bits per heavy atom. The summed E-state index contributed by atoms with van der Waals surface area (Å²) in [6.45, 7) is 0. The molecule has 10 heteroatoms. The number of hydrogen-bond donors (Lipinski definition) is 1. The number of anilines is 1. The Bertz CT molecular complexity index is 998. The first kappa shape index (κ1) is 21.3. The van der Waals surface area contributed by atoms with Gasteiger partial charge in [0.2, 0.25) is 17.5 Å². The topological polar surface area (TPSA) is 105 Å². The minimum absolute atomic E-state index is 0.0798. The number of amides is 1. The molecule has 3 rings (SSSR count). The molecule has 9 nitrogen and oxygen atoms in total. The second-order valence-corrected chi connectivity index (χ2v) is 6.78. The van der Waals surface area contributed by atoms with Crippen molar-refractivity contribution in [2.75, 3.05) is 39.5 Å². The van der Waals surface area contributed by atoms with Gasteiger partial charge in [0.25, 0.3) is 5.22 Å². The van der Waals surface area contributed by atoms with Crippen LogP contribution in [-0.4, -0.2) is 50.3 Å². The minimum atomic E-state index is -0.254. The molecule has 0 saturated heterocycles. The molecule has 3 aromatic rings. The van der Waals surface area contributed by atoms with Crippen LogP contribution in [0.15, 0.2) is 46.0 Å². The highest BCUT2D eigenvalue weighted by atomic mass is 32.2. The first-order valence-corrected chi connectivity index (χ1v) is 9.77. The fourth-order valence-electron chi connectivity index (χ4n) is 2.62. The van der Waals surface area contributed by atoms with E-state index in [9.17, 15) is 4.79 Å². The Labute approximate surface area is 177 Å². The average molecular weight is 431 g/mol. The number of carbonyl (C=O) groups excluding carboxylic acids is 1. The molecule has 2 aromatic carbocycles. The molecule has 1 N–H and O–H groups in total. The Balaban J connectivity index is 1.63. The van der Waals surface area contributed by atoms with E-state index in [1.165, 1.54) is 21.3 Å². The minimum Gasteiger partial charge on any atom is -0.497 e. The van der Waals surface area contributed by atoms with Gasteiger partial charge in [-0.25, -0.2) is 0 Å². The number of hydrogen-bond acceptors (Lipinski definition) is 9. The second-order valence-electron chi connectivity index (χ2n) is 5.86. The summed E-state index contributed by atoms with van der Waals surface area (Å²) in [5, 5.41) is 11.1. The Hall–Kier alpha value is -3.40. The number of rotatable bonds is 9. The van der Waals surface area contributed by atoms with Gasteiger partial charge in [-0.05, 0) is 18.2 Å². The smallest absolute Gasteiger partial charge is 0.277 e. The Morgan fingerprint density at radius 3 is 2.37 bits per heavy atom. The molecule has 0 unspecified atom stereocenters. The molecule has 30 heavy (non-hydrogen) atoms. The summed E-state index contributed by atoms with van der Waals surface area (Å²) >= 11 is 1.13. The number of thioether (sulfide) groups is 1. The second kappa shape index (κ2) is 9.88. The van der Waals surface area contributed by atoms with Crippen molar-refractivity contribution in [2.45, 2.75) is 5.22 Å². The molecule has 0 fully saturated rings. The number of nitrogens with zero attached hydrogens (tertiary/aromatic N) is 2. The van der Waals surface area contributed by atoms with E-state index in [2.05, 4.69) is 15.5 Å². The summed E-state index contributed by atoms with van der Waals surface area (Å²) in [6, 6.07) is 10.6. The van der Waals surface area contributed by atoms with Crippen LogP contribution in [0.3, 0.4) is 0 Å². The van der Waals surface area contributed by atoms with Crippen molar-refractivity contribution in [3.63, 3.8) is 0 Å². The van der Waals surface area contributed by atoms with Crippen LogP contribution in [0.25, 0.3) is 11.5 Å². The lowest BCUT2D eigenvalue weighted by molar-refractivity contribution is -0.113. The third kappa shape index (κ3) is 4.95.